The highest BCUT2D eigenvalue weighted by atomic mass is 16.5. The summed E-state index contributed by atoms with van der Waals surface area (Å²) in [6.07, 6.45) is 3.63. The van der Waals surface area contributed by atoms with Gasteiger partial charge < -0.3 is 23.9 Å². The fourth-order valence-corrected chi connectivity index (χ4v) is 3.87. The standard InChI is InChI=1S/C24H25N5O4/c1-14-19(20-21(26-13-27-23(20)32-14)29(3)24(2)9-10-24)22(30)25-12-16-11-18(33-28-16)15-5-7-17(31-4)8-6-15/h5-8,11,13H,9-10,12H2,1-4H3,(H,25,30). The normalized spacial score (nSPS) is 14.3. The molecule has 0 atom stereocenters. The van der Waals surface area contributed by atoms with E-state index in [4.69, 9.17) is 13.7 Å². The number of nitrogens with zero attached hydrogens (tertiary/aromatic N) is 4. The van der Waals surface area contributed by atoms with Crippen LogP contribution >= 0.6 is 0 Å². The molecule has 9 heteroatoms. The Kier molecular flexibility index (Phi) is 5.03. The Morgan fingerprint density at radius 3 is 2.70 bits per heavy atom. The molecule has 1 aromatic carbocycles. The molecule has 0 unspecified atom stereocenters. The molecule has 0 radical (unpaired) electrons. The van der Waals surface area contributed by atoms with Crippen molar-refractivity contribution in [2.75, 3.05) is 19.1 Å². The van der Waals surface area contributed by atoms with Crippen LogP contribution in [0.2, 0.25) is 0 Å². The lowest BCUT2D eigenvalue weighted by atomic mass is 10.1. The summed E-state index contributed by atoms with van der Waals surface area (Å²) in [5.74, 6) is 2.30. The van der Waals surface area contributed by atoms with Crippen LogP contribution in [0.5, 0.6) is 5.75 Å². The molecular weight excluding hydrogens is 422 g/mol. The Labute approximate surface area is 190 Å². The van der Waals surface area contributed by atoms with E-state index in [9.17, 15) is 4.79 Å². The minimum Gasteiger partial charge on any atom is -0.497 e. The van der Waals surface area contributed by atoms with E-state index in [0.29, 0.717) is 39.7 Å². The number of carbonyl (C=O) groups excluding carboxylic acids is 1. The van der Waals surface area contributed by atoms with Gasteiger partial charge in [0.1, 0.15) is 29.3 Å². The maximum atomic E-state index is 13.2. The smallest absolute Gasteiger partial charge is 0.255 e. The first-order valence-corrected chi connectivity index (χ1v) is 10.8. The number of fused-ring (bicyclic) bond motifs is 1. The number of methoxy groups -OCH3 is 1. The van der Waals surface area contributed by atoms with Gasteiger partial charge in [0.05, 0.1) is 24.6 Å². The number of benzene rings is 1. The van der Waals surface area contributed by atoms with Crippen molar-refractivity contribution in [1.82, 2.24) is 20.4 Å². The molecule has 5 rings (SSSR count). The summed E-state index contributed by atoms with van der Waals surface area (Å²) in [6.45, 7) is 4.15. The molecule has 3 heterocycles. The van der Waals surface area contributed by atoms with E-state index in [2.05, 4.69) is 32.3 Å². The van der Waals surface area contributed by atoms with Crippen LogP contribution in [-0.4, -0.2) is 40.7 Å². The van der Waals surface area contributed by atoms with Crippen molar-refractivity contribution in [3.8, 4) is 17.1 Å². The molecule has 3 aromatic heterocycles. The number of anilines is 1. The quantitative estimate of drug-likeness (QED) is 0.451. The minimum absolute atomic E-state index is 0.0405. The van der Waals surface area contributed by atoms with Gasteiger partial charge in [0, 0.05) is 24.2 Å². The first kappa shape index (κ1) is 21.0. The third-order valence-corrected chi connectivity index (χ3v) is 6.34. The molecule has 1 aliphatic rings. The summed E-state index contributed by atoms with van der Waals surface area (Å²) in [4.78, 5) is 24.0. The van der Waals surface area contributed by atoms with Crippen molar-refractivity contribution >= 4 is 22.8 Å². The molecular formula is C24H25N5O4. The topological polar surface area (TPSA) is 107 Å². The van der Waals surface area contributed by atoms with Gasteiger partial charge in [-0.3, -0.25) is 4.79 Å². The number of hydrogen-bond acceptors (Lipinski definition) is 8. The number of aromatic nitrogens is 3. The van der Waals surface area contributed by atoms with Gasteiger partial charge >= 0.3 is 0 Å². The van der Waals surface area contributed by atoms with E-state index in [0.717, 1.165) is 24.2 Å². The van der Waals surface area contributed by atoms with Crippen molar-refractivity contribution in [2.45, 2.75) is 38.8 Å². The van der Waals surface area contributed by atoms with Crippen molar-refractivity contribution in [1.29, 1.82) is 0 Å². The zero-order valence-corrected chi connectivity index (χ0v) is 19.0. The fourth-order valence-electron chi connectivity index (χ4n) is 3.87. The lowest BCUT2D eigenvalue weighted by Crippen LogP contribution is -2.32. The molecule has 4 aromatic rings. The van der Waals surface area contributed by atoms with Crippen LogP contribution in [0.25, 0.3) is 22.4 Å². The van der Waals surface area contributed by atoms with Gasteiger partial charge in [-0.2, -0.15) is 0 Å². The number of hydrogen-bond donors (Lipinski definition) is 1. The lowest BCUT2D eigenvalue weighted by molar-refractivity contribution is 0.0950. The van der Waals surface area contributed by atoms with E-state index < -0.39 is 0 Å². The Bertz CT molecular complexity index is 1320. The number of nitrogens with one attached hydrogen (secondary N) is 1. The van der Waals surface area contributed by atoms with E-state index >= 15 is 0 Å². The second-order valence-electron chi connectivity index (χ2n) is 8.56. The number of amides is 1. The highest BCUT2D eigenvalue weighted by Crippen LogP contribution is 2.44. The Morgan fingerprint density at radius 1 is 1.24 bits per heavy atom. The average Bonchev–Trinajstić information content (AvgIpc) is 3.25. The molecule has 1 fully saturated rings. The number of rotatable bonds is 7. The van der Waals surface area contributed by atoms with Gasteiger partial charge in [0.2, 0.25) is 5.71 Å². The van der Waals surface area contributed by atoms with Crippen LogP contribution in [0.1, 0.15) is 41.6 Å². The molecule has 0 saturated heterocycles. The molecule has 1 amide bonds. The predicted molar refractivity (Wildman–Crippen MR) is 122 cm³/mol. The van der Waals surface area contributed by atoms with Gasteiger partial charge in [-0.05, 0) is 51.0 Å². The monoisotopic (exact) mass is 447 g/mol. The van der Waals surface area contributed by atoms with Crippen molar-refractivity contribution in [3.63, 3.8) is 0 Å². The van der Waals surface area contributed by atoms with Crippen LogP contribution in [0.3, 0.4) is 0 Å². The van der Waals surface area contributed by atoms with Crippen molar-refractivity contribution < 1.29 is 18.5 Å². The van der Waals surface area contributed by atoms with Gasteiger partial charge in [0.15, 0.2) is 5.76 Å². The molecule has 0 spiro atoms. The maximum absolute atomic E-state index is 13.2. The van der Waals surface area contributed by atoms with Crippen LogP contribution in [0.15, 0.2) is 45.6 Å². The van der Waals surface area contributed by atoms with Crippen LogP contribution < -0.4 is 15.0 Å². The van der Waals surface area contributed by atoms with Gasteiger partial charge in [0.25, 0.3) is 5.91 Å². The molecule has 1 N–H and O–H groups in total. The molecule has 33 heavy (non-hydrogen) atoms. The minimum atomic E-state index is -0.273. The molecule has 0 aliphatic heterocycles. The first-order chi connectivity index (χ1) is 15.9. The summed E-state index contributed by atoms with van der Waals surface area (Å²) in [5.41, 5.74) is 2.37. The molecule has 1 saturated carbocycles. The third kappa shape index (κ3) is 3.79. The molecule has 170 valence electrons. The van der Waals surface area contributed by atoms with E-state index in [-0.39, 0.29) is 18.0 Å². The Hall–Kier alpha value is -3.88. The van der Waals surface area contributed by atoms with Crippen LogP contribution in [-0.2, 0) is 6.54 Å². The third-order valence-electron chi connectivity index (χ3n) is 6.34. The van der Waals surface area contributed by atoms with E-state index in [1.54, 1.807) is 20.1 Å². The summed E-state index contributed by atoms with van der Waals surface area (Å²) >= 11 is 0. The zero-order valence-electron chi connectivity index (χ0n) is 19.0. The molecule has 1 aliphatic carbocycles. The number of ether oxygens (including phenoxy) is 1. The molecule has 0 bridgehead atoms. The number of carbonyl (C=O) groups is 1. The summed E-state index contributed by atoms with van der Waals surface area (Å²) in [7, 11) is 3.61. The number of aryl methyl sites for hydroxylation is 1. The number of furan rings is 1. The zero-order chi connectivity index (χ0) is 23.2. The highest BCUT2D eigenvalue weighted by molar-refractivity contribution is 6.10. The average molecular weight is 447 g/mol. The Morgan fingerprint density at radius 2 is 2.00 bits per heavy atom. The highest BCUT2D eigenvalue weighted by Gasteiger charge is 2.43. The predicted octanol–water partition coefficient (Wildman–Crippen LogP) is 4.11. The van der Waals surface area contributed by atoms with Crippen molar-refractivity contribution in [3.05, 3.63) is 53.7 Å². The fraction of sp³-hybridized carbons (Fsp3) is 0.333. The van der Waals surface area contributed by atoms with Gasteiger partial charge in [-0.25, -0.2) is 9.97 Å². The van der Waals surface area contributed by atoms with E-state index in [1.165, 1.54) is 6.33 Å². The van der Waals surface area contributed by atoms with Crippen LogP contribution in [0, 0.1) is 6.92 Å². The van der Waals surface area contributed by atoms with Gasteiger partial charge in [-0.15, -0.1) is 0 Å². The largest absolute Gasteiger partial charge is 0.497 e. The van der Waals surface area contributed by atoms with Gasteiger partial charge in [-0.1, -0.05) is 5.16 Å². The molecule has 9 nitrogen and oxygen atoms in total. The summed E-state index contributed by atoms with van der Waals surface area (Å²) in [6, 6.07) is 9.29. The Balaban J connectivity index is 1.37. The van der Waals surface area contributed by atoms with E-state index in [1.807, 2.05) is 31.3 Å². The van der Waals surface area contributed by atoms with Crippen molar-refractivity contribution in [2.24, 2.45) is 0 Å². The second kappa shape index (κ2) is 7.91. The summed E-state index contributed by atoms with van der Waals surface area (Å²) < 4.78 is 16.4. The lowest BCUT2D eigenvalue weighted by Gasteiger charge is -2.26. The maximum Gasteiger partial charge on any atom is 0.255 e. The first-order valence-electron chi connectivity index (χ1n) is 10.8. The SMILES string of the molecule is COc1ccc(-c2cc(CNC(=O)c3c(C)oc4ncnc(N(C)C5(C)CC5)c34)no2)cc1. The second-order valence-corrected chi connectivity index (χ2v) is 8.56. The summed E-state index contributed by atoms with van der Waals surface area (Å²) in [5, 5.41) is 7.63. The van der Waals surface area contributed by atoms with Crippen LogP contribution in [0.4, 0.5) is 5.82 Å².